The smallest absolute Gasteiger partial charge is 0.388 e. The third kappa shape index (κ3) is 5.31. The highest BCUT2D eigenvalue weighted by atomic mass is 35.5. The molecule has 0 heterocycles. The molecule has 0 spiro atoms. The molecule has 0 aliphatic rings. The molecule has 1 aromatic carbocycles. The summed E-state index contributed by atoms with van der Waals surface area (Å²) < 4.78 is 36.9. The van der Waals surface area contributed by atoms with Crippen LogP contribution < -0.4 is 5.73 Å². The van der Waals surface area contributed by atoms with Crippen molar-refractivity contribution in [3.05, 3.63) is 35.4 Å². The number of rotatable bonds is 3. The summed E-state index contributed by atoms with van der Waals surface area (Å²) in [5, 5.41) is 9.77. The summed E-state index contributed by atoms with van der Waals surface area (Å²) in [7, 11) is 0. The van der Waals surface area contributed by atoms with Crippen molar-refractivity contribution in [1.82, 2.24) is 0 Å². The lowest BCUT2D eigenvalue weighted by atomic mass is 9.86. The van der Waals surface area contributed by atoms with Crippen LogP contribution in [0.1, 0.15) is 44.4 Å². The van der Waals surface area contributed by atoms with E-state index < -0.39 is 24.7 Å². The van der Waals surface area contributed by atoms with Gasteiger partial charge in [-0.05, 0) is 16.5 Å². The SMILES string of the molecule is CC(C)(C)c1ccc([C@@H](O)C[C@H](N)C(F)(F)F)cc1.Cl. The fourth-order valence-electron chi connectivity index (χ4n) is 1.72. The van der Waals surface area contributed by atoms with E-state index >= 15 is 0 Å². The van der Waals surface area contributed by atoms with E-state index in [1.165, 1.54) is 0 Å². The monoisotopic (exact) mass is 311 g/mol. The fraction of sp³-hybridized carbons (Fsp3) is 0.571. The number of aliphatic hydroxyl groups excluding tert-OH is 1. The molecule has 2 atom stereocenters. The first-order valence-electron chi connectivity index (χ1n) is 6.12. The van der Waals surface area contributed by atoms with Crippen molar-refractivity contribution >= 4 is 12.4 Å². The van der Waals surface area contributed by atoms with Gasteiger partial charge in [-0.3, -0.25) is 0 Å². The molecular formula is C14H21ClF3NO. The van der Waals surface area contributed by atoms with Gasteiger partial charge in [0.1, 0.15) is 6.04 Å². The van der Waals surface area contributed by atoms with E-state index in [4.69, 9.17) is 5.73 Å². The first-order valence-corrected chi connectivity index (χ1v) is 6.12. The third-order valence-electron chi connectivity index (χ3n) is 3.06. The molecule has 0 bridgehead atoms. The van der Waals surface area contributed by atoms with Gasteiger partial charge in [-0.2, -0.15) is 13.2 Å². The first kappa shape index (κ1) is 19.2. The Balaban J connectivity index is 0.00000361. The Hall–Kier alpha value is -0.780. The van der Waals surface area contributed by atoms with Gasteiger partial charge in [0.2, 0.25) is 0 Å². The van der Waals surface area contributed by atoms with E-state index in [0.29, 0.717) is 5.56 Å². The van der Waals surface area contributed by atoms with Crippen molar-refractivity contribution in [3.8, 4) is 0 Å². The van der Waals surface area contributed by atoms with Crippen LogP contribution in [-0.2, 0) is 5.41 Å². The second-order valence-corrected chi connectivity index (χ2v) is 5.77. The minimum atomic E-state index is -4.48. The zero-order valence-electron chi connectivity index (χ0n) is 11.7. The lowest BCUT2D eigenvalue weighted by Gasteiger charge is -2.21. The summed E-state index contributed by atoms with van der Waals surface area (Å²) in [5.74, 6) is 0. The number of aliphatic hydroxyl groups is 1. The maximum Gasteiger partial charge on any atom is 0.403 e. The van der Waals surface area contributed by atoms with Crippen molar-refractivity contribution in [1.29, 1.82) is 0 Å². The van der Waals surface area contributed by atoms with E-state index in [1.807, 2.05) is 32.9 Å². The Morgan fingerprint density at radius 3 is 1.90 bits per heavy atom. The zero-order valence-corrected chi connectivity index (χ0v) is 12.6. The molecule has 3 N–H and O–H groups in total. The molecular weight excluding hydrogens is 291 g/mol. The van der Waals surface area contributed by atoms with E-state index in [2.05, 4.69) is 0 Å². The van der Waals surface area contributed by atoms with Crippen LogP contribution in [0.2, 0.25) is 0 Å². The van der Waals surface area contributed by atoms with E-state index in [1.54, 1.807) is 12.1 Å². The van der Waals surface area contributed by atoms with Gasteiger partial charge in [0, 0.05) is 6.42 Å². The van der Waals surface area contributed by atoms with Crippen LogP contribution in [-0.4, -0.2) is 17.3 Å². The predicted molar refractivity (Wildman–Crippen MR) is 76.0 cm³/mol. The highest BCUT2D eigenvalue weighted by molar-refractivity contribution is 5.85. The van der Waals surface area contributed by atoms with Crippen LogP contribution in [0.3, 0.4) is 0 Å². The number of alkyl halides is 3. The molecule has 0 saturated heterocycles. The quantitative estimate of drug-likeness (QED) is 0.893. The summed E-state index contributed by atoms with van der Waals surface area (Å²) in [6.07, 6.45) is -6.21. The molecule has 1 rings (SSSR count). The topological polar surface area (TPSA) is 46.2 Å². The fourth-order valence-corrected chi connectivity index (χ4v) is 1.72. The van der Waals surface area contributed by atoms with Gasteiger partial charge in [-0.25, -0.2) is 0 Å². The van der Waals surface area contributed by atoms with Crippen LogP contribution in [0.15, 0.2) is 24.3 Å². The highest BCUT2D eigenvalue weighted by Gasteiger charge is 2.37. The molecule has 6 heteroatoms. The molecule has 0 saturated carbocycles. The summed E-state index contributed by atoms with van der Waals surface area (Å²) in [5.41, 5.74) is 6.48. The molecule has 0 aliphatic heterocycles. The Labute approximate surface area is 123 Å². The standard InChI is InChI=1S/C14H20F3NO.ClH/c1-13(2,3)10-6-4-9(5-7-10)11(19)8-12(18)14(15,16)17;/h4-7,11-12,19H,8,18H2,1-3H3;1H/t11-,12-;/m0./s1. The lowest BCUT2D eigenvalue weighted by Crippen LogP contribution is -2.38. The lowest BCUT2D eigenvalue weighted by molar-refractivity contribution is -0.153. The van der Waals surface area contributed by atoms with Crippen molar-refractivity contribution < 1.29 is 18.3 Å². The van der Waals surface area contributed by atoms with Crippen molar-refractivity contribution in [2.24, 2.45) is 5.73 Å². The van der Waals surface area contributed by atoms with Crippen LogP contribution >= 0.6 is 12.4 Å². The normalized spacial score (nSPS) is 15.4. The number of hydrogen-bond donors (Lipinski definition) is 2. The van der Waals surface area contributed by atoms with Gasteiger partial charge in [0.15, 0.2) is 0 Å². The van der Waals surface area contributed by atoms with Gasteiger partial charge < -0.3 is 10.8 Å². The van der Waals surface area contributed by atoms with Gasteiger partial charge in [0.05, 0.1) is 6.10 Å². The van der Waals surface area contributed by atoms with E-state index in [9.17, 15) is 18.3 Å². The van der Waals surface area contributed by atoms with Gasteiger partial charge >= 0.3 is 6.18 Å². The van der Waals surface area contributed by atoms with Crippen molar-refractivity contribution in [2.75, 3.05) is 0 Å². The molecule has 0 fully saturated rings. The largest absolute Gasteiger partial charge is 0.403 e. The number of benzene rings is 1. The molecule has 0 radical (unpaired) electrons. The molecule has 116 valence electrons. The van der Waals surface area contributed by atoms with Crippen molar-refractivity contribution in [3.63, 3.8) is 0 Å². The Bertz CT molecular complexity index is 412. The molecule has 20 heavy (non-hydrogen) atoms. The summed E-state index contributed by atoms with van der Waals surface area (Å²) >= 11 is 0. The molecule has 0 aromatic heterocycles. The maximum absolute atomic E-state index is 12.3. The van der Waals surface area contributed by atoms with E-state index in [0.717, 1.165) is 5.56 Å². The van der Waals surface area contributed by atoms with Gasteiger partial charge in [-0.15, -0.1) is 12.4 Å². The summed E-state index contributed by atoms with van der Waals surface area (Å²) in [6, 6.07) is 4.92. The Morgan fingerprint density at radius 1 is 1.10 bits per heavy atom. The second kappa shape index (κ2) is 6.78. The van der Waals surface area contributed by atoms with Crippen LogP contribution in [0, 0.1) is 0 Å². The average molecular weight is 312 g/mol. The zero-order chi connectivity index (χ0) is 14.8. The minimum absolute atomic E-state index is 0. The van der Waals surface area contributed by atoms with E-state index in [-0.39, 0.29) is 17.8 Å². The minimum Gasteiger partial charge on any atom is -0.388 e. The third-order valence-corrected chi connectivity index (χ3v) is 3.06. The van der Waals surface area contributed by atoms with Gasteiger partial charge in [-0.1, -0.05) is 45.0 Å². The highest BCUT2D eigenvalue weighted by Crippen LogP contribution is 2.28. The molecule has 0 aliphatic carbocycles. The maximum atomic E-state index is 12.3. The van der Waals surface area contributed by atoms with Crippen LogP contribution in [0.5, 0.6) is 0 Å². The second-order valence-electron chi connectivity index (χ2n) is 5.77. The summed E-state index contributed by atoms with van der Waals surface area (Å²) in [4.78, 5) is 0. The average Bonchev–Trinajstić information content (AvgIpc) is 2.26. The van der Waals surface area contributed by atoms with Gasteiger partial charge in [0.25, 0.3) is 0 Å². The first-order chi connectivity index (χ1) is 8.51. The van der Waals surface area contributed by atoms with Crippen LogP contribution in [0.4, 0.5) is 13.2 Å². The predicted octanol–water partition coefficient (Wildman–Crippen LogP) is 3.72. The number of hydrogen-bond acceptors (Lipinski definition) is 2. The molecule has 0 unspecified atom stereocenters. The van der Waals surface area contributed by atoms with Crippen LogP contribution in [0.25, 0.3) is 0 Å². The summed E-state index contributed by atoms with van der Waals surface area (Å²) in [6.45, 7) is 6.12. The van der Waals surface area contributed by atoms with Crippen molar-refractivity contribution in [2.45, 2.75) is 50.9 Å². The Morgan fingerprint density at radius 2 is 1.55 bits per heavy atom. The molecule has 2 nitrogen and oxygen atoms in total. The molecule has 0 amide bonds. The Kier molecular flexibility index (Phi) is 6.52. The molecule has 1 aromatic rings. The number of halogens is 4. The number of nitrogens with two attached hydrogens (primary N) is 1.